The van der Waals surface area contributed by atoms with Gasteiger partial charge in [0.1, 0.15) is 0 Å². The number of hydrogen-bond donors (Lipinski definition) is 1. The molecule has 4 heteroatoms. The van der Waals surface area contributed by atoms with Gasteiger partial charge >= 0.3 is 0 Å². The van der Waals surface area contributed by atoms with Crippen molar-refractivity contribution in [1.82, 2.24) is 10.2 Å². The largest absolute Gasteiger partial charge is 0.381 e. The first kappa shape index (κ1) is 15.1. The number of ether oxygens (including phenoxy) is 1. The molecule has 0 radical (unpaired) electrons. The minimum absolute atomic E-state index is 0.392. The Morgan fingerprint density at radius 3 is 2.45 bits per heavy atom. The lowest BCUT2D eigenvalue weighted by Crippen LogP contribution is -2.60. The van der Waals surface area contributed by atoms with E-state index in [4.69, 9.17) is 4.74 Å². The molecule has 3 rings (SSSR count). The van der Waals surface area contributed by atoms with Crippen LogP contribution in [0.25, 0.3) is 0 Å². The fourth-order valence-electron chi connectivity index (χ4n) is 3.96. The Kier molecular flexibility index (Phi) is 5.66. The molecular weight excluding hydrogens is 268 g/mol. The highest BCUT2D eigenvalue weighted by Crippen LogP contribution is 2.31. The van der Waals surface area contributed by atoms with Gasteiger partial charge in [0.15, 0.2) is 0 Å². The molecule has 0 aromatic heterocycles. The van der Waals surface area contributed by atoms with Crippen LogP contribution in [0.4, 0.5) is 0 Å². The monoisotopic (exact) mass is 298 g/mol. The Balaban J connectivity index is 1.59. The minimum Gasteiger partial charge on any atom is -0.381 e. The van der Waals surface area contributed by atoms with E-state index < -0.39 is 0 Å². The minimum atomic E-state index is 0.392. The molecule has 3 saturated heterocycles. The van der Waals surface area contributed by atoms with Crippen LogP contribution >= 0.6 is 11.8 Å². The third-order valence-electron chi connectivity index (χ3n) is 5.39. The van der Waals surface area contributed by atoms with E-state index >= 15 is 0 Å². The average Bonchev–Trinajstić information content (AvgIpc) is 2.56. The third kappa shape index (κ3) is 3.70. The van der Waals surface area contributed by atoms with Gasteiger partial charge in [-0.25, -0.2) is 0 Å². The lowest BCUT2D eigenvalue weighted by molar-refractivity contribution is -0.0369. The Bertz CT molecular complexity index is 282. The van der Waals surface area contributed by atoms with Crippen LogP contribution in [0, 0.1) is 0 Å². The van der Waals surface area contributed by atoms with Crippen LogP contribution in [0.3, 0.4) is 0 Å². The Morgan fingerprint density at radius 1 is 1.05 bits per heavy atom. The second-order valence-corrected chi connectivity index (χ2v) is 7.88. The van der Waals surface area contributed by atoms with Crippen molar-refractivity contribution in [3.8, 4) is 0 Å². The van der Waals surface area contributed by atoms with Crippen molar-refractivity contribution in [2.75, 3.05) is 44.4 Å². The van der Waals surface area contributed by atoms with E-state index in [2.05, 4.69) is 22.0 Å². The number of rotatable bonds is 4. The van der Waals surface area contributed by atoms with Crippen LogP contribution in [-0.4, -0.2) is 60.8 Å². The quantitative estimate of drug-likeness (QED) is 0.862. The van der Waals surface area contributed by atoms with E-state index in [9.17, 15) is 0 Å². The molecule has 0 amide bonds. The normalized spacial score (nSPS) is 29.4. The molecule has 3 heterocycles. The van der Waals surface area contributed by atoms with Crippen molar-refractivity contribution in [2.24, 2.45) is 0 Å². The second kappa shape index (κ2) is 7.48. The number of nitrogens with zero attached hydrogens (tertiary/aromatic N) is 1. The summed E-state index contributed by atoms with van der Waals surface area (Å²) in [5, 5.41) is 3.92. The van der Waals surface area contributed by atoms with Gasteiger partial charge in [-0.1, -0.05) is 6.42 Å². The zero-order chi connectivity index (χ0) is 13.7. The van der Waals surface area contributed by atoms with E-state index in [1.165, 1.54) is 76.1 Å². The molecule has 0 aromatic rings. The SMILES string of the molecule is C1CCN(C2(CNC3CCSCC3)CCOCC2)CC1. The van der Waals surface area contributed by atoms with Crippen molar-refractivity contribution in [3.63, 3.8) is 0 Å². The van der Waals surface area contributed by atoms with Crippen LogP contribution in [-0.2, 0) is 4.74 Å². The van der Waals surface area contributed by atoms with Gasteiger partial charge < -0.3 is 10.1 Å². The molecular formula is C16H30N2OS. The van der Waals surface area contributed by atoms with Gasteiger partial charge in [0, 0.05) is 31.3 Å². The average molecular weight is 298 g/mol. The van der Waals surface area contributed by atoms with Crippen LogP contribution in [0.15, 0.2) is 0 Å². The summed E-state index contributed by atoms with van der Waals surface area (Å²) >= 11 is 2.12. The molecule has 3 fully saturated rings. The molecule has 0 saturated carbocycles. The number of thioether (sulfide) groups is 1. The maximum absolute atomic E-state index is 5.65. The number of nitrogens with one attached hydrogen (secondary N) is 1. The standard InChI is InChI=1S/C16H30N2OS/c1-2-8-18(9-3-1)16(6-10-19-11-7-16)14-17-15-4-12-20-13-5-15/h15,17H,1-14H2. The van der Waals surface area contributed by atoms with Gasteiger partial charge in [0.2, 0.25) is 0 Å². The summed E-state index contributed by atoms with van der Waals surface area (Å²) in [6.07, 6.45) is 9.37. The first-order chi connectivity index (χ1) is 9.89. The van der Waals surface area contributed by atoms with E-state index in [1.807, 2.05) is 0 Å². The maximum atomic E-state index is 5.65. The lowest BCUT2D eigenvalue weighted by Gasteiger charge is -2.49. The molecule has 0 aromatic carbocycles. The zero-order valence-corrected chi connectivity index (χ0v) is 13.6. The van der Waals surface area contributed by atoms with Crippen molar-refractivity contribution >= 4 is 11.8 Å². The summed E-state index contributed by atoms with van der Waals surface area (Å²) in [6.45, 7) is 5.72. The van der Waals surface area contributed by atoms with Gasteiger partial charge in [-0.3, -0.25) is 4.90 Å². The Hall–Kier alpha value is 0.230. The van der Waals surface area contributed by atoms with Crippen molar-refractivity contribution in [3.05, 3.63) is 0 Å². The first-order valence-corrected chi connectivity index (χ1v) is 9.68. The fourth-order valence-corrected chi connectivity index (χ4v) is 5.07. The number of hydrogen-bond acceptors (Lipinski definition) is 4. The third-order valence-corrected chi connectivity index (χ3v) is 6.44. The zero-order valence-electron chi connectivity index (χ0n) is 12.7. The molecule has 0 atom stereocenters. The highest BCUT2D eigenvalue weighted by atomic mass is 32.2. The molecule has 1 N–H and O–H groups in total. The number of piperidine rings is 1. The van der Waals surface area contributed by atoms with Crippen molar-refractivity contribution in [2.45, 2.75) is 56.5 Å². The number of likely N-dealkylation sites (tertiary alicyclic amines) is 1. The van der Waals surface area contributed by atoms with Crippen molar-refractivity contribution < 1.29 is 4.74 Å². The highest BCUT2D eigenvalue weighted by Gasteiger charge is 2.39. The molecule has 0 aliphatic carbocycles. The summed E-state index contributed by atoms with van der Waals surface area (Å²) in [7, 11) is 0. The summed E-state index contributed by atoms with van der Waals surface area (Å²) < 4.78 is 5.65. The predicted molar refractivity (Wildman–Crippen MR) is 86.6 cm³/mol. The van der Waals surface area contributed by atoms with Gasteiger partial charge in [-0.05, 0) is 63.1 Å². The lowest BCUT2D eigenvalue weighted by atomic mass is 9.85. The van der Waals surface area contributed by atoms with Gasteiger partial charge in [-0.2, -0.15) is 11.8 Å². The fraction of sp³-hybridized carbons (Fsp3) is 1.00. The molecule has 0 spiro atoms. The van der Waals surface area contributed by atoms with E-state index in [1.54, 1.807) is 0 Å². The maximum Gasteiger partial charge on any atom is 0.0484 e. The molecule has 3 nitrogen and oxygen atoms in total. The van der Waals surface area contributed by atoms with E-state index in [0.29, 0.717) is 5.54 Å². The van der Waals surface area contributed by atoms with E-state index in [-0.39, 0.29) is 0 Å². The Morgan fingerprint density at radius 2 is 1.75 bits per heavy atom. The van der Waals surface area contributed by atoms with Gasteiger partial charge in [-0.15, -0.1) is 0 Å². The summed E-state index contributed by atoms with van der Waals surface area (Å²) in [6, 6.07) is 0.765. The van der Waals surface area contributed by atoms with Crippen LogP contribution in [0.5, 0.6) is 0 Å². The molecule has 20 heavy (non-hydrogen) atoms. The summed E-state index contributed by atoms with van der Waals surface area (Å²) in [4.78, 5) is 2.80. The topological polar surface area (TPSA) is 24.5 Å². The predicted octanol–water partition coefficient (Wildman–Crippen LogP) is 2.51. The molecule has 3 aliphatic heterocycles. The van der Waals surface area contributed by atoms with Crippen molar-refractivity contribution in [1.29, 1.82) is 0 Å². The molecule has 0 bridgehead atoms. The van der Waals surface area contributed by atoms with Crippen LogP contribution in [0.1, 0.15) is 44.9 Å². The highest BCUT2D eigenvalue weighted by molar-refractivity contribution is 7.99. The van der Waals surface area contributed by atoms with E-state index in [0.717, 1.165) is 19.3 Å². The van der Waals surface area contributed by atoms with Crippen LogP contribution in [0.2, 0.25) is 0 Å². The van der Waals surface area contributed by atoms with Crippen LogP contribution < -0.4 is 5.32 Å². The smallest absolute Gasteiger partial charge is 0.0484 e. The second-order valence-electron chi connectivity index (χ2n) is 6.65. The van der Waals surface area contributed by atoms with Gasteiger partial charge in [0.25, 0.3) is 0 Å². The summed E-state index contributed by atoms with van der Waals surface area (Å²) in [5.74, 6) is 2.69. The Labute approximate surface area is 128 Å². The first-order valence-electron chi connectivity index (χ1n) is 8.53. The summed E-state index contributed by atoms with van der Waals surface area (Å²) in [5.41, 5.74) is 0.392. The molecule has 0 unspecified atom stereocenters. The molecule has 3 aliphatic rings. The molecule has 116 valence electrons. The van der Waals surface area contributed by atoms with Gasteiger partial charge in [0.05, 0.1) is 0 Å².